The Hall–Kier alpha value is -4.46. The normalized spacial score (nSPS) is 11.0. The molecule has 0 saturated heterocycles. The number of methoxy groups -OCH3 is 1. The summed E-state index contributed by atoms with van der Waals surface area (Å²) in [4.78, 5) is 30.3. The molecule has 3 aromatic carbocycles. The third-order valence-electron chi connectivity index (χ3n) is 4.53. The summed E-state index contributed by atoms with van der Waals surface area (Å²) in [5.41, 5.74) is 0.696. The van der Waals surface area contributed by atoms with E-state index in [1.54, 1.807) is 73.9 Å². The van der Waals surface area contributed by atoms with Crippen LogP contribution in [0.5, 0.6) is 17.2 Å². The Balaban J connectivity index is 1.61. The van der Waals surface area contributed by atoms with Crippen LogP contribution in [0.3, 0.4) is 0 Å². The first-order valence-corrected chi connectivity index (χ1v) is 9.31. The van der Waals surface area contributed by atoms with Crippen molar-refractivity contribution in [1.29, 1.82) is 0 Å². The monoisotopic (exact) mass is 415 g/mol. The number of para-hydroxylation sites is 1. The fourth-order valence-electron chi connectivity index (χ4n) is 3.00. The lowest BCUT2D eigenvalue weighted by Crippen LogP contribution is -2.09. The van der Waals surface area contributed by atoms with E-state index in [1.165, 1.54) is 12.1 Å². The minimum absolute atomic E-state index is 0.115. The predicted molar refractivity (Wildman–Crippen MR) is 117 cm³/mol. The summed E-state index contributed by atoms with van der Waals surface area (Å²) in [5.74, 6) is 1.57. The third kappa shape index (κ3) is 4.43. The van der Waals surface area contributed by atoms with E-state index in [0.717, 1.165) is 0 Å². The van der Waals surface area contributed by atoms with Crippen LogP contribution in [0.1, 0.15) is 11.4 Å². The Labute approximate surface area is 176 Å². The number of aromatic amines is 1. The molecule has 0 aliphatic rings. The topological polar surface area (TPSA) is 107 Å². The zero-order chi connectivity index (χ0) is 21.8. The largest absolute Gasteiger partial charge is 0.497 e. The highest BCUT2D eigenvalue weighted by atomic mass is 16.6. The van der Waals surface area contributed by atoms with E-state index in [0.29, 0.717) is 33.8 Å². The van der Waals surface area contributed by atoms with Crippen molar-refractivity contribution in [3.8, 4) is 17.2 Å². The number of hydrogen-bond donors (Lipinski definition) is 1. The summed E-state index contributed by atoms with van der Waals surface area (Å²) in [7, 11) is 1.55. The van der Waals surface area contributed by atoms with Crippen LogP contribution in [0.2, 0.25) is 0 Å². The minimum Gasteiger partial charge on any atom is -0.497 e. The van der Waals surface area contributed by atoms with Gasteiger partial charge in [0, 0.05) is 6.07 Å². The highest BCUT2D eigenvalue weighted by Crippen LogP contribution is 2.33. The minimum atomic E-state index is -0.508. The molecule has 1 heterocycles. The Morgan fingerprint density at radius 2 is 1.74 bits per heavy atom. The summed E-state index contributed by atoms with van der Waals surface area (Å²) >= 11 is 0. The molecule has 8 nitrogen and oxygen atoms in total. The van der Waals surface area contributed by atoms with Gasteiger partial charge in [0.25, 0.3) is 5.56 Å². The smallest absolute Gasteiger partial charge is 0.312 e. The van der Waals surface area contributed by atoms with Gasteiger partial charge in [0.05, 0.1) is 22.9 Å². The highest BCUT2D eigenvalue weighted by molar-refractivity contribution is 5.79. The van der Waals surface area contributed by atoms with Gasteiger partial charge in [-0.25, -0.2) is 4.98 Å². The van der Waals surface area contributed by atoms with E-state index in [2.05, 4.69) is 9.97 Å². The fourth-order valence-corrected chi connectivity index (χ4v) is 3.00. The van der Waals surface area contributed by atoms with Crippen molar-refractivity contribution in [3.63, 3.8) is 0 Å². The zero-order valence-electron chi connectivity index (χ0n) is 16.4. The number of H-pyrrole nitrogens is 1. The van der Waals surface area contributed by atoms with Gasteiger partial charge in [-0.15, -0.1) is 0 Å². The van der Waals surface area contributed by atoms with Crippen molar-refractivity contribution in [2.45, 2.75) is 0 Å². The predicted octanol–water partition coefficient (Wildman–Crippen LogP) is 4.80. The van der Waals surface area contributed by atoms with Crippen molar-refractivity contribution < 1.29 is 14.4 Å². The molecular weight excluding hydrogens is 398 g/mol. The molecule has 0 radical (unpaired) electrons. The van der Waals surface area contributed by atoms with E-state index in [4.69, 9.17) is 9.47 Å². The molecule has 1 aromatic heterocycles. The van der Waals surface area contributed by atoms with Crippen molar-refractivity contribution >= 4 is 28.7 Å². The number of ether oxygens (including phenoxy) is 2. The molecule has 0 amide bonds. The molecule has 0 atom stereocenters. The first-order chi connectivity index (χ1) is 15.0. The average molecular weight is 415 g/mol. The number of benzene rings is 3. The van der Waals surface area contributed by atoms with Crippen LogP contribution < -0.4 is 15.0 Å². The summed E-state index contributed by atoms with van der Waals surface area (Å²) in [5, 5.41) is 12.0. The highest BCUT2D eigenvalue weighted by Gasteiger charge is 2.16. The molecule has 0 spiro atoms. The number of hydrogen-bond acceptors (Lipinski definition) is 6. The van der Waals surface area contributed by atoms with Crippen molar-refractivity contribution in [3.05, 3.63) is 98.6 Å². The summed E-state index contributed by atoms with van der Waals surface area (Å²) in [6.07, 6.45) is 3.23. The molecule has 4 rings (SSSR count). The maximum Gasteiger partial charge on any atom is 0.312 e. The summed E-state index contributed by atoms with van der Waals surface area (Å²) < 4.78 is 10.8. The average Bonchev–Trinajstić information content (AvgIpc) is 2.79. The van der Waals surface area contributed by atoms with Gasteiger partial charge in [-0.3, -0.25) is 14.9 Å². The van der Waals surface area contributed by atoms with E-state index in [-0.39, 0.29) is 17.0 Å². The standard InChI is InChI=1S/C23H17N3O5/c1-30-16-8-10-17(11-9-16)31-21-12-6-15(14-20(21)26(28)29)7-13-22-24-19-5-3-2-4-18(19)23(27)25-22/h2-14H,1H3,(H,24,25,27). The zero-order valence-corrected chi connectivity index (χ0v) is 16.4. The number of nitro benzene ring substituents is 1. The van der Waals surface area contributed by atoms with Crippen molar-refractivity contribution in [1.82, 2.24) is 9.97 Å². The molecule has 154 valence electrons. The van der Waals surface area contributed by atoms with Gasteiger partial charge in [0.15, 0.2) is 0 Å². The summed E-state index contributed by atoms with van der Waals surface area (Å²) in [6.45, 7) is 0. The molecule has 0 fully saturated rings. The SMILES string of the molecule is COc1ccc(Oc2ccc(C=Cc3nc4ccccc4c(=O)[nH]3)cc2[N+](=O)[O-])cc1. The van der Waals surface area contributed by atoms with Crippen LogP contribution in [0.15, 0.2) is 71.5 Å². The number of nitro groups is 1. The Morgan fingerprint density at radius 1 is 1.00 bits per heavy atom. The van der Waals surface area contributed by atoms with Crippen LogP contribution in [0.4, 0.5) is 5.69 Å². The molecule has 0 unspecified atom stereocenters. The lowest BCUT2D eigenvalue weighted by Gasteiger charge is -2.08. The van der Waals surface area contributed by atoms with Gasteiger partial charge in [-0.1, -0.05) is 24.3 Å². The molecule has 0 aliphatic heterocycles. The van der Waals surface area contributed by atoms with Crippen LogP contribution in [-0.4, -0.2) is 22.0 Å². The third-order valence-corrected chi connectivity index (χ3v) is 4.53. The van der Waals surface area contributed by atoms with Gasteiger partial charge >= 0.3 is 5.69 Å². The van der Waals surface area contributed by atoms with E-state index in [9.17, 15) is 14.9 Å². The number of nitrogens with one attached hydrogen (secondary N) is 1. The number of nitrogens with zero attached hydrogens (tertiary/aromatic N) is 2. The maximum absolute atomic E-state index is 12.2. The van der Waals surface area contributed by atoms with Crippen LogP contribution in [0.25, 0.3) is 23.1 Å². The molecule has 0 bridgehead atoms. The molecule has 31 heavy (non-hydrogen) atoms. The second kappa shape index (κ2) is 8.50. The van der Waals surface area contributed by atoms with E-state index < -0.39 is 4.92 Å². The van der Waals surface area contributed by atoms with Crippen LogP contribution in [-0.2, 0) is 0 Å². The Kier molecular flexibility index (Phi) is 5.44. The molecule has 1 N–H and O–H groups in total. The molecule has 0 aliphatic carbocycles. The Morgan fingerprint density at radius 3 is 2.48 bits per heavy atom. The first kappa shape index (κ1) is 19.8. The van der Waals surface area contributed by atoms with Gasteiger partial charge in [-0.05, 0) is 54.1 Å². The van der Waals surface area contributed by atoms with Crippen LogP contribution >= 0.6 is 0 Å². The Bertz CT molecular complexity index is 1340. The maximum atomic E-state index is 12.2. The lowest BCUT2D eigenvalue weighted by atomic mass is 10.1. The van der Waals surface area contributed by atoms with Gasteiger partial charge in [0.2, 0.25) is 5.75 Å². The number of aromatic nitrogens is 2. The van der Waals surface area contributed by atoms with Crippen molar-refractivity contribution in [2.75, 3.05) is 7.11 Å². The van der Waals surface area contributed by atoms with E-state index in [1.807, 2.05) is 0 Å². The molecular formula is C23H17N3O5. The lowest BCUT2D eigenvalue weighted by molar-refractivity contribution is -0.385. The number of fused-ring (bicyclic) bond motifs is 1. The molecule has 0 saturated carbocycles. The molecule has 8 heteroatoms. The summed E-state index contributed by atoms with van der Waals surface area (Å²) in [6, 6.07) is 18.4. The second-order valence-electron chi connectivity index (χ2n) is 6.56. The van der Waals surface area contributed by atoms with Gasteiger partial charge < -0.3 is 14.5 Å². The quantitative estimate of drug-likeness (QED) is 0.358. The van der Waals surface area contributed by atoms with Gasteiger partial charge in [-0.2, -0.15) is 0 Å². The number of rotatable bonds is 6. The van der Waals surface area contributed by atoms with E-state index >= 15 is 0 Å². The fraction of sp³-hybridized carbons (Fsp3) is 0.0435. The van der Waals surface area contributed by atoms with Crippen LogP contribution in [0, 0.1) is 10.1 Å². The molecule has 4 aromatic rings. The van der Waals surface area contributed by atoms with Gasteiger partial charge in [0.1, 0.15) is 17.3 Å². The second-order valence-corrected chi connectivity index (χ2v) is 6.56. The first-order valence-electron chi connectivity index (χ1n) is 9.31. The van der Waals surface area contributed by atoms with Crippen molar-refractivity contribution in [2.24, 2.45) is 0 Å².